The number of hydrogen-bond donors (Lipinski definition) is 1. The number of rotatable bonds is 6. The van der Waals surface area contributed by atoms with Crippen molar-refractivity contribution >= 4 is 34.1 Å². The Kier molecular flexibility index (Phi) is 5.77. The van der Waals surface area contributed by atoms with E-state index < -0.39 is 0 Å². The summed E-state index contributed by atoms with van der Waals surface area (Å²) in [6, 6.07) is 19.0. The average Bonchev–Trinajstić information content (AvgIpc) is 3.27. The van der Waals surface area contributed by atoms with Crippen LogP contribution in [0.1, 0.15) is 17.0 Å². The number of nitrogen functional groups attached to an aromatic ring is 1. The van der Waals surface area contributed by atoms with Crippen molar-refractivity contribution in [2.75, 3.05) is 5.73 Å². The number of aryl methyl sites for hydroxylation is 1. The summed E-state index contributed by atoms with van der Waals surface area (Å²) in [7, 11) is 0. The SMILES string of the molecule is Cc1ccn(-c2nc(N)c(CC(=O)Cc3ccccc3)nc2-c2cc(Cl)c3ncccc3c2)n1. The van der Waals surface area contributed by atoms with Crippen LogP contribution in [0.5, 0.6) is 0 Å². The van der Waals surface area contributed by atoms with Crippen LogP contribution in [0, 0.1) is 6.92 Å². The molecule has 168 valence electrons. The molecular weight excluding hydrogens is 448 g/mol. The van der Waals surface area contributed by atoms with Crippen LogP contribution in [-0.4, -0.2) is 30.5 Å². The lowest BCUT2D eigenvalue weighted by molar-refractivity contribution is -0.117. The van der Waals surface area contributed by atoms with Crippen LogP contribution in [0.25, 0.3) is 28.0 Å². The molecule has 0 aliphatic heterocycles. The van der Waals surface area contributed by atoms with Gasteiger partial charge in [0.15, 0.2) is 5.82 Å². The van der Waals surface area contributed by atoms with Gasteiger partial charge in [-0.05, 0) is 36.8 Å². The Morgan fingerprint density at radius 2 is 1.85 bits per heavy atom. The molecule has 0 saturated carbocycles. The largest absolute Gasteiger partial charge is 0.382 e. The highest BCUT2D eigenvalue weighted by atomic mass is 35.5. The maximum absolute atomic E-state index is 12.8. The third-order valence-electron chi connectivity index (χ3n) is 5.46. The van der Waals surface area contributed by atoms with Gasteiger partial charge in [0, 0.05) is 29.8 Å². The van der Waals surface area contributed by atoms with Gasteiger partial charge in [-0.2, -0.15) is 5.10 Å². The standard InChI is InChI=1S/C26H21ClN6O/c1-16-9-11-33(32-16)26-24(19-13-18-8-5-10-29-23(18)21(27)14-19)30-22(25(28)31-26)15-20(34)12-17-6-3-2-4-7-17/h2-11,13-14H,12,15H2,1H3,(H2,28,31). The summed E-state index contributed by atoms with van der Waals surface area (Å²) in [5.41, 5.74) is 10.4. The van der Waals surface area contributed by atoms with Crippen molar-refractivity contribution in [1.82, 2.24) is 24.7 Å². The number of hydrogen-bond acceptors (Lipinski definition) is 6. The van der Waals surface area contributed by atoms with Crippen molar-refractivity contribution in [3.63, 3.8) is 0 Å². The van der Waals surface area contributed by atoms with E-state index in [9.17, 15) is 4.79 Å². The maximum Gasteiger partial charge on any atom is 0.182 e. The molecule has 3 aromatic heterocycles. The summed E-state index contributed by atoms with van der Waals surface area (Å²) in [5.74, 6) is 0.660. The van der Waals surface area contributed by atoms with Crippen LogP contribution < -0.4 is 5.73 Å². The molecule has 0 saturated heterocycles. The molecule has 0 amide bonds. The van der Waals surface area contributed by atoms with Gasteiger partial charge in [-0.1, -0.05) is 48.0 Å². The number of ketones is 1. The van der Waals surface area contributed by atoms with Crippen molar-refractivity contribution in [2.45, 2.75) is 19.8 Å². The Morgan fingerprint density at radius 3 is 2.62 bits per heavy atom. The predicted molar refractivity (Wildman–Crippen MR) is 133 cm³/mol. The molecule has 2 N–H and O–H groups in total. The molecule has 0 bridgehead atoms. The third kappa shape index (κ3) is 4.38. The first-order valence-corrected chi connectivity index (χ1v) is 11.1. The van der Waals surface area contributed by atoms with Gasteiger partial charge in [-0.3, -0.25) is 9.78 Å². The summed E-state index contributed by atoms with van der Waals surface area (Å²) in [4.78, 5) is 26.6. The zero-order chi connectivity index (χ0) is 23.7. The fraction of sp³-hybridized carbons (Fsp3) is 0.115. The van der Waals surface area contributed by atoms with E-state index in [-0.39, 0.29) is 18.0 Å². The van der Waals surface area contributed by atoms with Gasteiger partial charge in [0.2, 0.25) is 0 Å². The minimum atomic E-state index is 0.00146. The number of carbonyl (C=O) groups is 1. The van der Waals surface area contributed by atoms with E-state index in [0.29, 0.717) is 34.2 Å². The minimum absolute atomic E-state index is 0.00146. The normalized spacial score (nSPS) is 11.1. The lowest BCUT2D eigenvalue weighted by Crippen LogP contribution is -2.14. The Bertz CT molecular complexity index is 1510. The second-order valence-electron chi connectivity index (χ2n) is 8.04. The lowest BCUT2D eigenvalue weighted by atomic mass is 10.0. The summed E-state index contributed by atoms with van der Waals surface area (Å²) in [6.45, 7) is 1.89. The number of carbonyl (C=O) groups excluding carboxylic acids is 1. The number of fused-ring (bicyclic) bond motifs is 1. The molecular formula is C26H21ClN6O. The van der Waals surface area contributed by atoms with Crippen LogP contribution in [0.4, 0.5) is 5.82 Å². The van der Waals surface area contributed by atoms with Crippen molar-refractivity contribution in [3.05, 3.63) is 95.0 Å². The molecule has 2 aromatic carbocycles. The number of aromatic nitrogens is 5. The van der Waals surface area contributed by atoms with E-state index in [1.807, 2.05) is 61.5 Å². The number of benzene rings is 2. The number of pyridine rings is 1. The van der Waals surface area contributed by atoms with Gasteiger partial charge in [-0.15, -0.1) is 0 Å². The zero-order valence-electron chi connectivity index (χ0n) is 18.4. The first-order valence-electron chi connectivity index (χ1n) is 10.8. The van der Waals surface area contributed by atoms with Crippen LogP contribution in [0.15, 0.2) is 73.1 Å². The summed E-state index contributed by atoms with van der Waals surface area (Å²) < 4.78 is 1.63. The molecule has 5 rings (SSSR count). The van der Waals surface area contributed by atoms with Gasteiger partial charge in [-0.25, -0.2) is 14.6 Å². The molecule has 0 fully saturated rings. The van der Waals surface area contributed by atoms with Gasteiger partial charge in [0.25, 0.3) is 0 Å². The Hall–Kier alpha value is -4.10. The van der Waals surface area contributed by atoms with Gasteiger partial charge >= 0.3 is 0 Å². The van der Waals surface area contributed by atoms with Crippen molar-refractivity contribution < 1.29 is 4.79 Å². The first kappa shape index (κ1) is 21.7. The fourth-order valence-corrected chi connectivity index (χ4v) is 4.12. The average molecular weight is 469 g/mol. The highest BCUT2D eigenvalue weighted by Crippen LogP contribution is 2.32. The molecule has 0 unspecified atom stereocenters. The molecule has 3 heterocycles. The van der Waals surface area contributed by atoms with E-state index in [1.54, 1.807) is 23.1 Å². The smallest absolute Gasteiger partial charge is 0.182 e. The summed E-state index contributed by atoms with van der Waals surface area (Å²) in [6.07, 6.45) is 3.87. The Morgan fingerprint density at radius 1 is 1.03 bits per heavy atom. The molecule has 0 radical (unpaired) electrons. The second-order valence-corrected chi connectivity index (χ2v) is 8.45. The molecule has 0 spiro atoms. The first-order chi connectivity index (χ1) is 16.5. The monoisotopic (exact) mass is 468 g/mol. The quantitative estimate of drug-likeness (QED) is 0.385. The van der Waals surface area contributed by atoms with Gasteiger partial charge in [0.1, 0.15) is 17.3 Å². The molecule has 0 aliphatic carbocycles. The van der Waals surface area contributed by atoms with Gasteiger partial charge < -0.3 is 5.73 Å². The maximum atomic E-state index is 12.8. The van der Waals surface area contributed by atoms with Crippen molar-refractivity contribution in [1.29, 1.82) is 0 Å². The van der Waals surface area contributed by atoms with E-state index in [2.05, 4.69) is 15.1 Å². The number of anilines is 1. The van der Waals surface area contributed by atoms with Crippen LogP contribution in [-0.2, 0) is 17.6 Å². The van der Waals surface area contributed by atoms with Crippen LogP contribution in [0.3, 0.4) is 0 Å². The van der Waals surface area contributed by atoms with E-state index in [4.69, 9.17) is 22.3 Å². The van der Waals surface area contributed by atoms with Crippen LogP contribution in [0.2, 0.25) is 5.02 Å². The van der Waals surface area contributed by atoms with Gasteiger partial charge in [0.05, 0.1) is 28.3 Å². The predicted octanol–water partition coefficient (Wildman–Crippen LogP) is 4.78. The highest BCUT2D eigenvalue weighted by molar-refractivity contribution is 6.35. The Labute approximate surface area is 201 Å². The lowest BCUT2D eigenvalue weighted by Gasteiger charge is -2.14. The van der Waals surface area contributed by atoms with Crippen molar-refractivity contribution in [3.8, 4) is 17.1 Å². The number of halogens is 1. The summed E-state index contributed by atoms with van der Waals surface area (Å²) >= 11 is 6.55. The topological polar surface area (TPSA) is 99.6 Å². The molecule has 5 aromatic rings. The summed E-state index contributed by atoms with van der Waals surface area (Å²) in [5, 5.41) is 5.85. The zero-order valence-corrected chi connectivity index (χ0v) is 19.2. The highest BCUT2D eigenvalue weighted by Gasteiger charge is 2.19. The minimum Gasteiger partial charge on any atom is -0.382 e. The molecule has 0 aliphatic rings. The number of nitrogens with zero attached hydrogens (tertiary/aromatic N) is 5. The fourth-order valence-electron chi connectivity index (χ4n) is 3.85. The van der Waals surface area contributed by atoms with E-state index >= 15 is 0 Å². The number of Topliss-reactive ketones (excluding diaryl/α,β-unsaturated/α-hetero) is 1. The van der Waals surface area contributed by atoms with Crippen LogP contribution >= 0.6 is 11.6 Å². The molecule has 34 heavy (non-hydrogen) atoms. The molecule has 8 heteroatoms. The number of nitrogens with two attached hydrogens (primary N) is 1. The van der Waals surface area contributed by atoms with E-state index in [0.717, 1.165) is 22.2 Å². The van der Waals surface area contributed by atoms with Crippen molar-refractivity contribution in [2.24, 2.45) is 0 Å². The van der Waals surface area contributed by atoms with E-state index in [1.165, 1.54) is 0 Å². The second kappa shape index (κ2) is 9.03. The molecule has 0 atom stereocenters. The molecule has 7 nitrogen and oxygen atoms in total. The third-order valence-corrected chi connectivity index (χ3v) is 5.75. The Balaban J connectivity index is 1.60.